The van der Waals surface area contributed by atoms with Crippen LogP contribution in [0.15, 0.2) is 23.7 Å². The standard InChI is InChI=1S/C15H23FO/c1-12-9-13(16)10-14(17-2)5-8-15(11-12)6-3-4-7-15/h9-10,12H,3-8,11H2,1-2H3/b13-9+,14-10+. The smallest absolute Gasteiger partial charge is 0.122 e. The van der Waals surface area contributed by atoms with E-state index in [1.807, 2.05) is 0 Å². The number of halogens is 1. The third-order valence-electron chi connectivity index (χ3n) is 4.33. The van der Waals surface area contributed by atoms with Gasteiger partial charge in [0.2, 0.25) is 0 Å². The largest absolute Gasteiger partial charge is 0.501 e. The third kappa shape index (κ3) is 3.11. The van der Waals surface area contributed by atoms with E-state index in [-0.39, 0.29) is 5.83 Å². The maximum Gasteiger partial charge on any atom is 0.122 e. The van der Waals surface area contributed by atoms with Gasteiger partial charge in [0, 0.05) is 12.5 Å². The lowest BCUT2D eigenvalue weighted by Crippen LogP contribution is -2.19. The molecule has 0 aromatic rings. The number of methoxy groups -OCH3 is 1. The molecule has 0 radical (unpaired) electrons. The van der Waals surface area contributed by atoms with Gasteiger partial charge in [-0.1, -0.05) is 19.8 Å². The van der Waals surface area contributed by atoms with Crippen molar-refractivity contribution in [3.05, 3.63) is 23.7 Å². The monoisotopic (exact) mass is 238 g/mol. The number of hydrogen-bond donors (Lipinski definition) is 0. The number of ether oxygens (including phenoxy) is 1. The van der Waals surface area contributed by atoms with Gasteiger partial charge in [-0.3, -0.25) is 0 Å². The van der Waals surface area contributed by atoms with Crippen molar-refractivity contribution in [2.75, 3.05) is 7.11 Å². The van der Waals surface area contributed by atoms with Crippen LogP contribution in [0.4, 0.5) is 4.39 Å². The van der Waals surface area contributed by atoms with Gasteiger partial charge in [0.1, 0.15) is 5.83 Å². The number of rotatable bonds is 1. The van der Waals surface area contributed by atoms with E-state index in [1.54, 1.807) is 19.3 Å². The maximum atomic E-state index is 13.7. The lowest BCUT2D eigenvalue weighted by molar-refractivity contribution is 0.200. The molecule has 1 spiro atoms. The van der Waals surface area contributed by atoms with E-state index >= 15 is 0 Å². The molecule has 2 aliphatic rings. The molecule has 1 atom stereocenters. The molecule has 2 aliphatic carbocycles. The van der Waals surface area contributed by atoms with Crippen LogP contribution in [0.5, 0.6) is 0 Å². The zero-order valence-corrected chi connectivity index (χ0v) is 11.0. The van der Waals surface area contributed by atoms with Gasteiger partial charge in [-0.15, -0.1) is 0 Å². The molecule has 0 aliphatic heterocycles. The van der Waals surface area contributed by atoms with Crippen LogP contribution in [0, 0.1) is 11.3 Å². The second kappa shape index (κ2) is 5.24. The van der Waals surface area contributed by atoms with Crippen LogP contribution in [0.2, 0.25) is 0 Å². The van der Waals surface area contributed by atoms with Crippen LogP contribution in [0.3, 0.4) is 0 Å². The first kappa shape index (κ1) is 12.7. The minimum Gasteiger partial charge on any atom is -0.501 e. The molecule has 2 heteroatoms. The molecule has 1 nitrogen and oxygen atoms in total. The topological polar surface area (TPSA) is 9.23 Å². The van der Waals surface area contributed by atoms with Gasteiger partial charge in [-0.25, -0.2) is 4.39 Å². The normalized spacial score (nSPS) is 35.1. The Morgan fingerprint density at radius 2 is 2.00 bits per heavy atom. The molecule has 0 heterocycles. The van der Waals surface area contributed by atoms with Gasteiger partial charge in [0.15, 0.2) is 0 Å². The average Bonchev–Trinajstić information content (AvgIpc) is 2.73. The molecule has 0 saturated heterocycles. The third-order valence-corrected chi connectivity index (χ3v) is 4.33. The predicted octanol–water partition coefficient (Wildman–Crippen LogP) is 4.75. The van der Waals surface area contributed by atoms with Crippen LogP contribution in [0.25, 0.3) is 0 Å². The second-order valence-electron chi connectivity index (χ2n) is 5.75. The Labute approximate surface area is 104 Å². The predicted molar refractivity (Wildman–Crippen MR) is 68.2 cm³/mol. The van der Waals surface area contributed by atoms with Gasteiger partial charge < -0.3 is 4.74 Å². The Morgan fingerprint density at radius 1 is 1.29 bits per heavy atom. The van der Waals surface area contributed by atoms with Gasteiger partial charge in [-0.2, -0.15) is 0 Å². The van der Waals surface area contributed by atoms with Crippen molar-refractivity contribution in [1.82, 2.24) is 0 Å². The SMILES string of the molecule is CO/C1=C/C(F)=C\C(C)CC2(CCCC2)CC1. The number of allylic oxidation sites excluding steroid dienone is 4. The van der Waals surface area contributed by atoms with Crippen molar-refractivity contribution in [2.45, 2.75) is 51.9 Å². The highest BCUT2D eigenvalue weighted by atomic mass is 19.1. The van der Waals surface area contributed by atoms with Gasteiger partial charge >= 0.3 is 0 Å². The Balaban J connectivity index is 2.20. The van der Waals surface area contributed by atoms with Crippen LogP contribution < -0.4 is 0 Å². The van der Waals surface area contributed by atoms with Crippen LogP contribution in [-0.2, 0) is 4.74 Å². The van der Waals surface area contributed by atoms with Gasteiger partial charge in [-0.05, 0) is 43.1 Å². The zero-order valence-electron chi connectivity index (χ0n) is 11.0. The molecule has 0 aromatic carbocycles. The van der Waals surface area contributed by atoms with Gasteiger partial charge in [0.05, 0.1) is 12.9 Å². The molecule has 1 fully saturated rings. The summed E-state index contributed by atoms with van der Waals surface area (Å²) >= 11 is 0. The molecule has 0 bridgehead atoms. The van der Waals surface area contributed by atoms with E-state index in [2.05, 4.69) is 6.92 Å². The van der Waals surface area contributed by atoms with E-state index in [0.29, 0.717) is 11.3 Å². The summed E-state index contributed by atoms with van der Waals surface area (Å²) in [7, 11) is 1.64. The van der Waals surface area contributed by atoms with Crippen molar-refractivity contribution in [3.63, 3.8) is 0 Å². The molecular formula is C15H23FO. The molecule has 0 N–H and O–H groups in total. The van der Waals surface area contributed by atoms with Crippen molar-refractivity contribution in [1.29, 1.82) is 0 Å². The number of hydrogen-bond acceptors (Lipinski definition) is 1. The molecule has 0 amide bonds. The van der Waals surface area contributed by atoms with Gasteiger partial charge in [0.25, 0.3) is 0 Å². The lowest BCUT2D eigenvalue weighted by atomic mass is 9.75. The fourth-order valence-corrected chi connectivity index (χ4v) is 3.52. The maximum absolute atomic E-state index is 13.7. The Morgan fingerprint density at radius 3 is 2.65 bits per heavy atom. The Kier molecular flexibility index (Phi) is 3.90. The molecule has 2 rings (SSSR count). The van der Waals surface area contributed by atoms with E-state index in [4.69, 9.17) is 4.74 Å². The minimum atomic E-state index is -0.135. The van der Waals surface area contributed by atoms with Crippen LogP contribution >= 0.6 is 0 Å². The summed E-state index contributed by atoms with van der Waals surface area (Å²) in [6, 6.07) is 0. The first-order valence-corrected chi connectivity index (χ1v) is 6.75. The van der Waals surface area contributed by atoms with Crippen LogP contribution in [-0.4, -0.2) is 7.11 Å². The zero-order chi connectivity index (χ0) is 12.3. The van der Waals surface area contributed by atoms with E-state index in [1.165, 1.54) is 25.7 Å². The van der Waals surface area contributed by atoms with E-state index < -0.39 is 0 Å². The quantitative estimate of drug-likeness (QED) is 0.640. The molecular weight excluding hydrogens is 215 g/mol. The van der Waals surface area contributed by atoms with Crippen LogP contribution in [0.1, 0.15) is 51.9 Å². The van der Waals surface area contributed by atoms with E-state index in [0.717, 1.165) is 25.0 Å². The highest BCUT2D eigenvalue weighted by Crippen LogP contribution is 2.48. The molecule has 1 unspecified atom stereocenters. The Hall–Kier alpha value is -0.790. The summed E-state index contributed by atoms with van der Waals surface area (Å²) in [5, 5.41) is 0. The first-order chi connectivity index (χ1) is 8.13. The van der Waals surface area contributed by atoms with Crippen molar-refractivity contribution in [2.24, 2.45) is 11.3 Å². The highest BCUT2D eigenvalue weighted by Gasteiger charge is 2.35. The molecule has 0 aromatic heterocycles. The average molecular weight is 238 g/mol. The van der Waals surface area contributed by atoms with Crippen molar-refractivity contribution < 1.29 is 9.13 Å². The summed E-state index contributed by atoms with van der Waals surface area (Å²) < 4.78 is 18.9. The molecule has 96 valence electrons. The fourth-order valence-electron chi connectivity index (χ4n) is 3.52. The van der Waals surface area contributed by atoms with Crippen molar-refractivity contribution in [3.8, 4) is 0 Å². The van der Waals surface area contributed by atoms with Crippen molar-refractivity contribution >= 4 is 0 Å². The summed E-state index contributed by atoms with van der Waals surface area (Å²) in [5.41, 5.74) is 0.443. The van der Waals surface area contributed by atoms with E-state index in [9.17, 15) is 4.39 Å². The minimum absolute atomic E-state index is 0.135. The molecule has 1 saturated carbocycles. The molecule has 17 heavy (non-hydrogen) atoms. The Bertz CT molecular complexity index is 324. The second-order valence-corrected chi connectivity index (χ2v) is 5.75. The first-order valence-electron chi connectivity index (χ1n) is 6.75. The highest BCUT2D eigenvalue weighted by molar-refractivity contribution is 5.17. The summed E-state index contributed by atoms with van der Waals surface area (Å²) in [5.74, 6) is 0.990. The summed E-state index contributed by atoms with van der Waals surface area (Å²) in [6.07, 6.45) is 11.8. The summed E-state index contributed by atoms with van der Waals surface area (Å²) in [6.45, 7) is 2.13. The summed E-state index contributed by atoms with van der Waals surface area (Å²) in [4.78, 5) is 0. The lowest BCUT2D eigenvalue weighted by Gasteiger charge is -2.31. The fraction of sp³-hybridized carbons (Fsp3) is 0.733.